The fraction of sp³-hybridized carbons (Fsp3) is 0.355. The lowest BCUT2D eigenvalue weighted by atomic mass is 10.1. The Labute approximate surface area is 262 Å². The maximum atomic E-state index is 14.1. The third-order valence-corrected chi connectivity index (χ3v) is 9.06. The van der Waals surface area contributed by atoms with Crippen molar-refractivity contribution in [2.24, 2.45) is 0 Å². The van der Waals surface area contributed by atoms with Gasteiger partial charge in [-0.1, -0.05) is 49.5 Å². The number of amides is 2. The topological polar surface area (TPSA) is 96.0 Å². The number of anilines is 1. The van der Waals surface area contributed by atoms with Crippen molar-refractivity contribution in [3.63, 3.8) is 0 Å². The maximum Gasteiger partial charge on any atom is 0.264 e. The molecule has 232 valence electrons. The molecule has 0 unspecified atom stereocenters. The number of unbranched alkanes of at least 4 members (excludes halogenated alkanes) is 1. The highest BCUT2D eigenvalue weighted by molar-refractivity contribution is 7.92. The summed E-state index contributed by atoms with van der Waals surface area (Å²) in [4.78, 5) is 28.6. The molecule has 0 bridgehead atoms. The molecular formula is C31H36Cl2FN3O5S. The molecule has 0 fully saturated rings. The van der Waals surface area contributed by atoms with Gasteiger partial charge in [0.1, 0.15) is 24.2 Å². The van der Waals surface area contributed by atoms with Gasteiger partial charge in [-0.25, -0.2) is 12.8 Å². The minimum Gasteiger partial charge on any atom is -0.494 e. The first-order valence-corrected chi connectivity index (χ1v) is 16.2. The number of sulfonamides is 1. The molecule has 0 radical (unpaired) electrons. The molecule has 1 N–H and O–H groups in total. The summed E-state index contributed by atoms with van der Waals surface area (Å²) in [5, 5.41) is 3.58. The number of ether oxygens (including phenoxy) is 1. The van der Waals surface area contributed by atoms with E-state index >= 15 is 0 Å². The van der Waals surface area contributed by atoms with Gasteiger partial charge in [0.2, 0.25) is 11.8 Å². The van der Waals surface area contributed by atoms with Crippen LogP contribution in [0, 0.1) is 5.82 Å². The Morgan fingerprint density at radius 2 is 1.65 bits per heavy atom. The highest BCUT2D eigenvalue weighted by Gasteiger charge is 2.34. The fourth-order valence-electron chi connectivity index (χ4n) is 4.40. The summed E-state index contributed by atoms with van der Waals surface area (Å²) in [6.07, 6.45) is 1.90. The van der Waals surface area contributed by atoms with Crippen LogP contribution in [0.2, 0.25) is 10.0 Å². The van der Waals surface area contributed by atoms with Gasteiger partial charge in [-0.3, -0.25) is 13.9 Å². The van der Waals surface area contributed by atoms with E-state index in [2.05, 4.69) is 5.32 Å². The third-order valence-electron chi connectivity index (χ3n) is 6.69. The standard InChI is InChI=1S/C31H36Cl2FN3O5S/c1-4-7-18-35-31(39)29(5-2)36(20-22-8-9-23(32)19-28(22)33)30(38)21-37(25-12-14-26(15-13-25)42-6-3)43(40,41)27-16-10-24(34)11-17-27/h8-17,19,29H,4-7,18,20-21H2,1-3H3,(H,35,39)/t29-/m1/s1. The van der Waals surface area contributed by atoms with Crippen LogP contribution in [0.4, 0.5) is 10.1 Å². The molecule has 0 saturated heterocycles. The Balaban J connectivity index is 2.06. The first-order chi connectivity index (χ1) is 20.5. The minimum absolute atomic E-state index is 0.0672. The average molecular weight is 653 g/mol. The van der Waals surface area contributed by atoms with Crippen LogP contribution < -0.4 is 14.4 Å². The van der Waals surface area contributed by atoms with Gasteiger partial charge in [0, 0.05) is 23.1 Å². The number of carbonyl (C=O) groups is 2. The fourth-order valence-corrected chi connectivity index (χ4v) is 6.28. The number of benzene rings is 3. The molecule has 0 heterocycles. The van der Waals surface area contributed by atoms with Crippen LogP contribution in [-0.4, -0.2) is 50.9 Å². The van der Waals surface area contributed by atoms with Crippen molar-refractivity contribution in [3.8, 4) is 5.75 Å². The molecule has 0 saturated carbocycles. The molecule has 3 aromatic carbocycles. The average Bonchev–Trinajstić information content (AvgIpc) is 2.97. The lowest BCUT2D eigenvalue weighted by Crippen LogP contribution is -2.52. The summed E-state index contributed by atoms with van der Waals surface area (Å²) in [5.41, 5.74) is 0.722. The van der Waals surface area contributed by atoms with Gasteiger partial charge in [-0.05, 0) is 86.0 Å². The maximum absolute atomic E-state index is 14.1. The van der Waals surface area contributed by atoms with Gasteiger partial charge in [0.15, 0.2) is 0 Å². The zero-order valence-corrected chi connectivity index (χ0v) is 26.7. The van der Waals surface area contributed by atoms with Crippen molar-refractivity contribution in [1.82, 2.24) is 10.2 Å². The van der Waals surface area contributed by atoms with E-state index in [1.54, 1.807) is 31.2 Å². The summed E-state index contributed by atoms with van der Waals surface area (Å²) in [5.74, 6) is -1.08. The Morgan fingerprint density at radius 3 is 2.23 bits per heavy atom. The molecule has 1 atom stereocenters. The second-order valence-electron chi connectivity index (χ2n) is 9.72. The molecule has 3 aromatic rings. The Morgan fingerprint density at radius 1 is 0.977 bits per heavy atom. The molecule has 0 spiro atoms. The molecule has 12 heteroatoms. The Kier molecular flexibility index (Phi) is 12.7. The van der Waals surface area contributed by atoms with E-state index in [1.807, 2.05) is 13.8 Å². The highest BCUT2D eigenvalue weighted by Crippen LogP contribution is 2.28. The van der Waals surface area contributed by atoms with Gasteiger partial charge < -0.3 is 15.0 Å². The normalized spacial score (nSPS) is 12.0. The van der Waals surface area contributed by atoms with Gasteiger partial charge >= 0.3 is 0 Å². The SMILES string of the molecule is CCCCNC(=O)[C@@H](CC)N(Cc1ccc(Cl)cc1Cl)C(=O)CN(c1ccc(OCC)cc1)S(=O)(=O)c1ccc(F)cc1. The second-order valence-corrected chi connectivity index (χ2v) is 12.4. The van der Waals surface area contributed by atoms with E-state index in [-0.39, 0.29) is 29.5 Å². The van der Waals surface area contributed by atoms with Gasteiger partial charge in [0.25, 0.3) is 10.0 Å². The van der Waals surface area contributed by atoms with Gasteiger partial charge in [-0.15, -0.1) is 0 Å². The number of rotatable bonds is 15. The first kappa shape index (κ1) is 34.2. The predicted octanol–water partition coefficient (Wildman–Crippen LogP) is 6.45. The Hall–Kier alpha value is -3.34. The highest BCUT2D eigenvalue weighted by atomic mass is 35.5. The number of nitrogens with one attached hydrogen (secondary N) is 1. The quantitative estimate of drug-likeness (QED) is 0.191. The van der Waals surface area contributed by atoms with Crippen molar-refractivity contribution in [1.29, 1.82) is 0 Å². The van der Waals surface area contributed by atoms with E-state index in [9.17, 15) is 22.4 Å². The summed E-state index contributed by atoms with van der Waals surface area (Å²) in [7, 11) is -4.35. The molecule has 0 aliphatic heterocycles. The lowest BCUT2D eigenvalue weighted by molar-refractivity contribution is -0.140. The first-order valence-electron chi connectivity index (χ1n) is 14.0. The van der Waals surface area contributed by atoms with Crippen LogP contribution in [0.5, 0.6) is 5.75 Å². The van der Waals surface area contributed by atoms with Crippen molar-refractivity contribution in [2.45, 2.75) is 57.5 Å². The van der Waals surface area contributed by atoms with Crippen molar-refractivity contribution < 1.29 is 27.1 Å². The second kappa shape index (κ2) is 15.9. The van der Waals surface area contributed by atoms with Gasteiger partial charge in [-0.2, -0.15) is 0 Å². The van der Waals surface area contributed by atoms with Crippen LogP contribution in [0.1, 0.15) is 45.6 Å². The molecule has 8 nitrogen and oxygen atoms in total. The molecule has 2 amide bonds. The summed E-state index contributed by atoms with van der Waals surface area (Å²) in [6.45, 7) is 5.73. The van der Waals surface area contributed by atoms with E-state index < -0.39 is 34.3 Å². The predicted molar refractivity (Wildman–Crippen MR) is 168 cm³/mol. The Bertz CT molecular complexity index is 1490. The molecule has 0 aliphatic rings. The zero-order chi connectivity index (χ0) is 31.6. The van der Waals surface area contributed by atoms with E-state index in [1.165, 1.54) is 23.1 Å². The lowest BCUT2D eigenvalue weighted by Gasteiger charge is -2.33. The number of halogens is 3. The van der Waals surface area contributed by atoms with Gasteiger partial charge in [0.05, 0.1) is 17.2 Å². The molecule has 0 aliphatic carbocycles. The van der Waals surface area contributed by atoms with Crippen molar-refractivity contribution >= 4 is 50.7 Å². The zero-order valence-electron chi connectivity index (χ0n) is 24.4. The largest absolute Gasteiger partial charge is 0.494 e. The molecule has 3 rings (SSSR count). The third kappa shape index (κ3) is 9.08. The summed E-state index contributed by atoms with van der Waals surface area (Å²) in [6, 6.07) is 14.5. The van der Waals surface area contributed by atoms with Crippen LogP contribution in [-0.2, 0) is 26.2 Å². The van der Waals surface area contributed by atoms with E-state index in [0.717, 1.165) is 41.4 Å². The van der Waals surface area contributed by atoms with Crippen LogP contribution >= 0.6 is 23.2 Å². The van der Waals surface area contributed by atoms with E-state index in [4.69, 9.17) is 27.9 Å². The molecule has 0 aromatic heterocycles. The van der Waals surface area contributed by atoms with Crippen LogP contribution in [0.25, 0.3) is 0 Å². The van der Waals surface area contributed by atoms with Crippen molar-refractivity contribution in [3.05, 3.63) is 88.2 Å². The molecule has 43 heavy (non-hydrogen) atoms. The van der Waals surface area contributed by atoms with E-state index in [0.29, 0.717) is 34.5 Å². The monoisotopic (exact) mass is 651 g/mol. The number of nitrogens with zero attached hydrogens (tertiary/aromatic N) is 2. The number of hydrogen-bond donors (Lipinski definition) is 1. The summed E-state index contributed by atoms with van der Waals surface area (Å²) < 4.78 is 47.9. The molecular weight excluding hydrogens is 616 g/mol. The smallest absolute Gasteiger partial charge is 0.264 e. The minimum atomic E-state index is -4.35. The number of carbonyl (C=O) groups excluding carboxylic acids is 2. The number of hydrogen-bond acceptors (Lipinski definition) is 5. The van der Waals surface area contributed by atoms with Crippen LogP contribution in [0.3, 0.4) is 0 Å². The summed E-state index contributed by atoms with van der Waals surface area (Å²) >= 11 is 12.5. The van der Waals surface area contributed by atoms with Crippen molar-refractivity contribution in [2.75, 3.05) is 24.0 Å². The van der Waals surface area contributed by atoms with Crippen LogP contribution in [0.15, 0.2) is 71.6 Å².